The number of aliphatic hydroxyl groups is 1. The van der Waals surface area contributed by atoms with Gasteiger partial charge in [0, 0.05) is 31.3 Å². The standard InChI is InChI=1S/C21H24N6O3/c1-14(28)11-27-12-19(10-25-27)26-21-23-8-18(9-24-21)16-4-5-17(7-22)20(6-16)30-15(2)13-29-3/h4-6,8-10,12,14-15,28H,11,13H2,1-3H3,(H,23,24,26)/t14?,15-/m0/s1. The lowest BCUT2D eigenvalue weighted by molar-refractivity contribution is 0.0919. The fraction of sp³-hybridized carbons (Fsp3) is 0.333. The number of hydrogen-bond donors (Lipinski definition) is 2. The van der Waals surface area contributed by atoms with Crippen molar-refractivity contribution in [2.75, 3.05) is 19.0 Å². The molecule has 2 heterocycles. The van der Waals surface area contributed by atoms with Crippen LogP contribution < -0.4 is 10.1 Å². The number of benzene rings is 1. The Labute approximate surface area is 174 Å². The molecular weight excluding hydrogens is 384 g/mol. The van der Waals surface area contributed by atoms with E-state index in [0.717, 1.165) is 16.8 Å². The Morgan fingerprint density at radius 3 is 2.63 bits per heavy atom. The molecule has 2 N–H and O–H groups in total. The summed E-state index contributed by atoms with van der Waals surface area (Å²) in [5.41, 5.74) is 2.81. The van der Waals surface area contributed by atoms with Crippen LogP contribution in [0.2, 0.25) is 0 Å². The fourth-order valence-electron chi connectivity index (χ4n) is 2.85. The zero-order chi connectivity index (χ0) is 21.5. The molecule has 0 saturated heterocycles. The third-order valence-corrected chi connectivity index (χ3v) is 4.16. The largest absolute Gasteiger partial charge is 0.487 e. The van der Waals surface area contributed by atoms with Gasteiger partial charge in [0.2, 0.25) is 5.95 Å². The lowest BCUT2D eigenvalue weighted by Gasteiger charge is -2.15. The van der Waals surface area contributed by atoms with E-state index in [1.165, 1.54) is 0 Å². The first kappa shape index (κ1) is 21.2. The molecule has 2 aromatic heterocycles. The number of nitriles is 1. The molecule has 3 aromatic rings. The lowest BCUT2D eigenvalue weighted by Crippen LogP contribution is -2.18. The van der Waals surface area contributed by atoms with Gasteiger partial charge in [0.05, 0.1) is 36.7 Å². The van der Waals surface area contributed by atoms with Crippen molar-refractivity contribution in [2.45, 2.75) is 32.6 Å². The number of nitrogens with one attached hydrogen (secondary N) is 1. The minimum atomic E-state index is -0.480. The maximum atomic E-state index is 9.43. The Hall–Kier alpha value is -3.48. The third-order valence-electron chi connectivity index (χ3n) is 4.16. The molecule has 2 atom stereocenters. The highest BCUT2D eigenvalue weighted by Crippen LogP contribution is 2.27. The van der Waals surface area contributed by atoms with E-state index in [0.29, 0.717) is 30.4 Å². The van der Waals surface area contributed by atoms with Crippen molar-refractivity contribution in [2.24, 2.45) is 0 Å². The van der Waals surface area contributed by atoms with Gasteiger partial charge >= 0.3 is 0 Å². The lowest BCUT2D eigenvalue weighted by atomic mass is 10.1. The molecule has 0 amide bonds. The molecule has 0 saturated carbocycles. The van der Waals surface area contributed by atoms with Crippen molar-refractivity contribution in [3.8, 4) is 22.9 Å². The Balaban J connectivity index is 1.74. The predicted molar refractivity (Wildman–Crippen MR) is 111 cm³/mol. The second kappa shape index (κ2) is 9.82. The van der Waals surface area contributed by atoms with E-state index in [4.69, 9.17) is 9.47 Å². The maximum absolute atomic E-state index is 9.43. The van der Waals surface area contributed by atoms with Gasteiger partial charge in [-0.3, -0.25) is 4.68 Å². The minimum absolute atomic E-state index is 0.185. The van der Waals surface area contributed by atoms with Crippen LogP contribution in [0.3, 0.4) is 0 Å². The van der Waals surface area contributed by atoms with Crippen molar-refractivity contribution in [3.05, 3.63) is 48.5 Å². The second-order valence-electron chi connectivity index (χ2n) is 6.93. The first-order valence-corrected chi connectivity index (χ1v) is 9.48. The summed E-state index contributed by atoms with van der Waals surface area (Å²) in [4.78, 5) is 8.70. The molecule has 0 radical (unpaired) electrons. The van der Waals surface area contributed by atoms with Crippen LogP contribution in [0.4, 0.5) is 11.6 Å². The molecule has 9 heteroatoms. The Morgan fingerprint density at radius 2 is 1.97 bits per heavy atom. The third kappa shape index (κ3) is 5.53. The van der Waals surface area contributed by atoms with Gasteiger partial charge in [0.25, 0.3) is 0 Å². The molecule has 9 nitrogen and oxygen atoms in total. The van der Waals surface area contributed by atoms with Crippen LogP contribution in [-0.4, -0.2) is 50.8 Å². The van der Waals surface area contributed by atoms with Crippen LogP contribution in [0, 0.1) is 11.3 Å². The molecular formula is C21H24N6O3. The van der Waals surface area contributed by atoms with Gasteiger partial charge in [0.15, 0.2) is 0 Å². The molecule has 0 bridgehead atoms. The summed E-state index contributed by atoms with van der Waals surface area (Å²) >= 11 is 0. The van der Waals surface area contributed by atoms with Gasteiger partial charge in [0.1, 0.15) is 17.9 Å². The topological polar surface area (TPSA) is 118 Å². The molecule has 3 rings (SSSR count). The van der Waals surface area contributed by atoms with Crippen molar-refractivity contribution >= 4 is 11.6 Å². The highest BCUT2D eigenvalue weighted by Gasteiger charge is 2.11. The Kier molecular flexibility index (Phi) is 6.95. The predicted octanol–water partition coefficient (Wildman–Crippen LogP) is 2.75. The van der Waals surface area contributed by atoms with E-state index < -0.39 is 6.10 Å². The molecule has 0 aliphatic rings. The average Bonchev–Trinajstić information content (AvgIpc) is 3.14. The molecule has 0 aliphatic heterocycles. The van der Waals surface area contributed by atoms with Gasteiger partial charge in [-0.25, -0.2) is 9.97 Å². The number of aliphatic hydroxyl groups excluding tert-OH is 1. The minimum Gasteiger partial charge on any atom is -0.487 e. The molecule has 30 heavy (non-hydrogen) atoms. The van der Waals surface area contributed by atoms with Gasteiger partial charge in [-0.2, -0.15) is 10.4 Å². The van der Waals surface area contributed by atoms with E-state index in [9.17, 15) is 10.4 Å². The normalized spacial score (nSPS) is 12.8. The van der Waals surface area contributed by atoms with Crippen LogP contribution >= 0.6 is 0 Å². The number of aromatic nitrogens is 4. The molecule has 0 aliphatic carbocycles. The average molecular weight is 408 g/mol. The van der Waals surface area contributed by atoms with E-state index >= 15 is 0 Å². The van der Waals surface area contributed by atoms with Gasteiger partial charge < -0.3 is 19.9 Å². The molecule has 1 aromatic carbocycles. The van der Waals surface area contributed by atoms with Crippen molar-refractivity contribution in [1.29, 1.82) is 5.26 Å². The first-order valence-electron chi connectivity index (χ1n) is 9.48. The summed E-state index contributed by atoms with van der Waals surface area (Å²) in [6, 6.07) is 7.49. The molecule has 0 fully saturated rings. The van der Waals surface area contributed by atoms with Gasteiger partial charge in [-0.1, -0.05) is 6.07 Å². The SMILES string of the molecule is COC[C@H](C)Oc1cc(-c2cnc(Nc3cnn(CC(C)O)c3)nc2)ccc1C#N. The summed E-state index contributed by atoms with van der Waals surface area (Å²) in [5, 5.41) is 26.0. The maximum Gasteiger partial charge on any atom is 0.227 e. The van der Waals surface area contributed by atoms with Crippen LogP contribution in [0.5, 0.6) is 5.75 Å². The quantitative estimate of drug-likeness (QED) is 0.555. The zero-order valence-electron chi connectivity index (χ0n) is 17.1. The molecule has 156 valence electrons. The number of rotatable bonds is 9. The van der Waals surface area contributed by atoms with Crippen molar-refractivity contribution in [1.82, 2.24) is 19.7 Å². The van der Waals surface area contributed by atoms with Crippen LogP contribution in [0.25, 0.3) is 11.1 Å². The molecule has 1 unspecified atom stereocenters. The van der Waals surface area contributed by atoms with Gasteiger partial charge in [-0.15, -0.1) is 0 Å². The Bertz CT molecular complexity index is 1010. The highest BCUT2D eigenvalue weighted by molar-refractivity contribution is 5.66. The van der Waals surface area contributed by atoms with E-state index in [1.54, 1.807) is 55.6 Å². The van der Waals surface area contributed by atoms with E-state index in [-0.39, 0.29) is 6.10 Å². The monoisotopic (exact) mass is 408 g/mol. The number of ether oxygens (including phenoxy) is 2. The molecule has 0 spiro atoms. The Morgan fingerprint density at radius 1 is 1.20 bits per heavy atom. The summed E-state index contributed by atoms with van der Waals surface area (Å²) in [5.74, 6) is 0.918. The first-order chi connectivity index (χ1) is 14.5. The highest BCUT2D eigenvalue weighted by atomic mass is 16.5. The summed E-state index contributed by atoms with van der Waals surface area (Å²) in [6.07, 6.45) is 6.14. The smallest absolute Gasteiger partial charge is 0.227 e. The summed E-state index contributed by atoms with van der Waals surface area (Å²) in [7, 11) is 1.60. The van der Waals surface area contributed by atoms with Crippen molar-refractivity contribution in [3.63, 3.8) is 0 Å². The van der Waals surface area contributed by atoms with Crippen LogP contribution in [0.15, 0.2) is 43.0 Å². The van der Waals surface area contributed by atoms with Crippen LogP contribution in [-0.2, 0) is 11.3 Å². The second-order valence-corrected chi connectivity index (χ2v) is 6.93. The van der Waals surface area contributed by atoms with Crippen LogP contribution in [0.1, 0.15) is 19.4 Å². The zero-order valence-corrected chi connectivity index (χ0v) is 17.1. The van der Waals surface area contributed by atoms with Crippen molar-refractivity contribution < 1.29 is 14.6 Å². The number of nitrogens with zero attached hydrogens (tertiary/aromatic N) is 5. The summed E-state index contributed by atoms with van der Waals surface area (Å²) in [6.45, 7) is 4.42. The number of hydrogen-bond acceptors (Lipinski definition) is 8. The number of anilines is 2. The summed E-state index contributed by atoms with van der Waals surface area (Å²) < 4.78 is 12.6. The fourth-order valence-corrected chi connectivity index (χ4v) is 2.85. The van der Waals surface area contributed by atoms with E-state index in [1.807, 2.05) is 13.0 Å². The number of methoxy groups -OCH3 is 1. The van der Waals surface area contributed by atoms with Gasteiger partial charge in [-0.05, 0) is 31.5 Å². The van der Waals surface area contributed by atoms with E-state index in [2.05, 4.69) is 26.5 Å².